The molecule has 0 saturated heterocycles. The number of nitrogens with two attached hydrogens (primary N) is 1. The molecule has 5 nitrogen and oxygen atoms in total. The van der Waals surface area contributed by atoms with Crippen LogP contribution in [-0.4, -0.2) is 22.2 Å². The van der Waals surface area contributed by atoms with Crippen LogP contribution in [0.1, 0.15) is 31.4 Å². The molecule has 0 radical (unpaired) electrons. The molecule has 88 valence electrons. The number of hydrogen-bond acceptors (Lipinski definition) is 3. The summed E-state index contributed by atoms with van der Waals surface area (Å²) in [7, 11) is 1.80. The molecule has 0 bridgehead atoms. The van der Waals surface area contributed by atoms with Crippen molar-refractivity contribution in [1.29, 1.82) is 0 Å². The van der Waals surface area contributed by atoms with Gasteiger partial charge in [0.1, 0.15) is 6.04 Å². The minimum absolute atomic E-state index is 0.124. The lowest BCUT2D eigenvalue weighted by Gasteiger charge is -2.13. The SMILES string of the molecule is Cn1cc(C(N)C(=O)NCC2(C)CC2)cn1. The maximum absolute atomic E-state index is 11.8. The third-order valence-corrected chi connectivity index (χ3v) is 3.16. The molecule has 1 aliphatic rings. The van der Waals surface area contributed by atoms with Gasteiger partial charge in [-0.05, 0) is 18.3 Å². The minimum atomic E-state index is -0.615. The van der Waals surface area contributed by atoms with Crippen molar-refractivity contribution in [3.63, 3.8) is 0 Å². The fourth-order valence-electron chi connectivity index (χ4n) is 1.55. The van der Waals surface area contributed by atoms with Crippen molar-refractivity contribution in [3.05, 3.63) is 18.0 Å². The first kappa shape index (κ1) is 11.1. The molecule has 0 aromatic carbocycles. The standard InChI is InChI=1S/C11H18N4O/c1-11(3-4-11)7-13-10(16)9(12)8-5-14-15(2)6-8/h5-6,9H,3-4,7,12H2,1-2H3,(H,13,16). The Kier molecular flexibility index (Phi) is 2.71. The molecule has 1 heterocycles. The van der Waals surface area contributed by atoms with Crippen molar-refractivity contribution in [3.8, 4) is 0 Å². The molecule has 16 heavy (non-hydrogen) atoms. The van der Waals surface area contributed by atoms with Gasteiger partial charge in [-0.25, -0.2) is 0 Å². The Hall–Kier alpha value is -1.36. The number of hydrogen-bond donors (Lipinski definition) is 2. The Balaban J connectivity index is 1.89. The number of rotatable bonds is 4. The van der Waals surface area contributed by atoms with Gasteiger partial charge >= 0.3 is 0 Å². The maximum Gasteiger partial charge on any atom is 0.241 e. The summed E-state index contributed by atoms with van der Waals surface area (Å²) in [5.74, 6) is -0.124. The molecule has 1 aromatic rings. The van der Waals surface area contributed by atoms with Crippen molar-refractivity contribution in [2.24, 2.45) is 18.2 Å². The zero-order valence-electron chi connectivity index (χ0n) is 9.73. The second kappa shape index (κ2) is 3.90. The Morgan fingerprint density at radius 2 is 2.44 bits per heavy atom. The average molecular weight is 222 g/mol. The number of nitrogens with one attached hydrogen (secondary N) is 1. The van der Waals surface area contributed by atoms with E-state index in [0.717, 1.165) is 12.1 Å². The van der Waals surface area contributed by atoms with E-state index in [-0.39, 0.29) is 5.91 Å². The van der Waals surface area contributed by atoms with Gasteiger partial charge in [0.2, 0.25) is 5.91 Å². The van der Waals surface area contributed by atoms with Crippen LogP contribution in [0.5, 0.6) is 0 Å². The molecule has 1 aliphatic carbocycles. The van der Waals surface area contributed by atoms with Crippen molar-refractivity contribution in [2.45, 2.75) is 25.8 Å². The van der Waals surface area contributed by atoms with Crippen LogP contribution in [0.15, 0.2) is 12.4 Å². The highest BCUT2D eigenvalue weighted by atomic mass is 16.2. The predicted octanol–water partition coefficient (Wildman–Crippen LogP) is 0.336. The van der Waals surface area contributed by atoms with Crippen molar-refractivity contribution >= 4 is 5.91 Å². The molecule has 1 saturated carbocycles. The molecule has 2 rings (SSSR count). The van der Waals surface area contributed by atoms with E-state index < -0.39 is 6.04 Å². The molecular weight excluding hydrogens is 204 g/mol. The zero-order valence-corrected chi connectivity index (χ0v) is 9.73. The number of amides is 1. The van der Waals surface area contributed by atoms with Crippen LogP contribution < -0.4 is 11.1 Å². The normalized spacial score (nSPS) is 19.2. The van der Waals surface area contributed by atoms with E-state index >= 15 is 0 Å². The van der Waals surface area contributed by atoms with Gasteiger partial charge in [0, 0.05) is 25.4 Å². The van der Waals surface area contributed by atoms with Gasteiger partial charge in [-0.15, -0.1) is 0 Å². The van der Waals surface area contributed by atoms with Crippen LogP contribution >= 0.6 is 0 Å². The van der Waals surface area contributed by atoms with E-state index in [4.69, 9.17) is 5.73 Å². The average Bonchev–Trinajstić information content (AvgIpc) is 2.83. The highest BCUT2D eigenvalue weighted by Gasteiger charge is 2.37. The van der Waals surface area contributed by atoms with Gasteiger partial charge in [-0.2, -0.15) is 5.10 Å². The Morgan fingerprint density at radius 1 is 1.75 bits per heavy atom. The van der Waals surface area contributed by atoms with Gasteiger partial charge in [0.05, 0.1) is 6.20 Å². The highest BCUT2D eigenvalue weighted by Crippen LogP contribution is 2.44. The van der Waals surface area contributed by atoms with Gasteiger partial charge in [0.25, 0.3) is 0 Å². The van der Waals surface area contributed by atoms with Crippen LogP contribution in [0.2, 0.25) is 0 Å². The third-order valence-electron chi connectivity index (χ3n) is 3.16. The van der Waals surface area contributed by atoms with Gasteiger partial charge in [-0.3, -0.25) is 9.48 Å². The van der Waals surface area contributed by atoms with Gasteiger partial charge in [-0.1, -0.05) is 6.92 Å². The van der Waals surface area contributed by atoms with Crippen molar-refractivity contribution in [2.75, 3.05) is 6.54 Å². The lowest BCUT2D eigenvalue weighted by Crippen LogP contribution is -2.36. The van der Waals surface area contributed by atoms with Crippen LogP contribution in [0.25, 0.3) is 0 Å². The van der Waals surface area contributed by atoms with Gasteiger partial charge in [0.15, 0.2) is 0 Å². The Bertz CT molecular complexity index is 394. The summed E-state index contributed by atoms with van der Waals surface area (Å²) in [5.41, 5.74) is 6.90. The Morgan fingerprint density at radius 3 is 2.94 bits per heavy atom. The van der Waals surface area contributed by atoms with E-state index in [1.165, 1.54) is 12.8 Å². The fraction of sp³-hybridized carbons (Fsp3) is 0.636. The molecule has 0 spiro atoms. The summed E-state index contributed by atoms with van der Waals surface area (Å²) in [5, 5.41) is 6.89. The van der Waals surface area contributed by atoms with E-state index in [2.05, 4.69) is 17.3 Å². The van der Waals surface area contributed by atoms with Crippen LogP contribution in [0.4, 0.5) is 0 Å². The molecular formula is C11H18N4O. The van der Waals surface area contributed by atoms with Crippen LogP contribution in [0, 0.1) is 5.41 Å². The number of carbonyl (C=O) groups excluding carboxylic acids is 1. The summed E-state index contributed by atoms with van der Waals surface area (Å²) >= 11 is 0. The summed E-state index contributed by atoms with van der Waals surface area (Å²) < 4.78 is 1.64. The lowest BCUT2D eigenvalue weighted by molar-refractivity contribution is -0.122. The summed E-state index contributed by atoms with van der Waals surface area (Å²) in [4.78, 5) is 11.8. The lowest BCUT2D eigenvalue weighted by atomic mass is 10.1. The molecule has 5 heteroatoms. The van der Waals surface area contributed by atoms with E-state index in [0.29, 0.717) is 5.41 Å². The summed E-state index contributed by atoms with van der Waals surface area (Å²) in [6, 6.07) is -0.615. The van der Waals surface area contributed by atoms with E-state index in [1.807, 2.05) is 0 Å². The molecule has 1 amide bonds. The van der Waals surface area contributed by atoms with Gasteiger partial charge < -0.3 is 11.1 Å². The molecule has 1 atom stereocenters. The first-order chi connectivity index (χ1) is 7.50. The molecule has 1 aromatic heterocycles. The van der Waals surface area contributed by atoms with Crippen molar-refractivity contribution < 1.29 is 4.79 Å². The first-order valence-electron chi connectivity index (χ1n) is 5.52. The monoisotopic (exact) mass is 222 g/mol. The number of carbonyl (C=O) groups is 1. The topological polar surface area (TPSA) is 72.9 Å². The van der Waals surface area contributed by atoms with Crippen LogP contribution in [-0.2, 0) is 11.8 Å². The number of aromatic nitrogens is 2. The highest BCUT2D eigenvalue weighted by molar-refractivity contribution is 5.82. The zero-order chi connectivity index (χ0) is 11.8. The maximum atomic E-state index is 11.8. The van der Waals surface area contributed by atoms with Crippen LogP contribution in [0.3, 0.4) is 0 Å². The smallest absolute Gasteiger partial charge is 0.241 e. The van der Waals surface area contributed by atoms with E-state index in [9.17, 15) is 4.79 Å². The number of nitrogens with zero attached hydrogens (tertiary/aromatic N) is 2. The summed E-state index contributed by atoms with van der Waals surface area (Å²) in [6.45, 7) is 2.89. The number of aryl methyl sites for hydroxylation is 1. The fourth-order valence-corrected chi connectivity index (χ4v) is 1.55. The largest absolute Gasteiger partial charge is 0.354 e. The minimum Gasteiger partial charge on any atom is -0.354 e. The van der Waals surface area contributed by atoms with Crippen molar-refractivity contribution in [1.82, 2.24) is 15.1 Å². The second-order valence-electron chi connectivity index (χ2n) is 4.95. The second-order valence-corrected chi connectivity index (χ2v) is 4.95. The predicted molar refractivity (Wildman–Crippen MR) is 60.5 cm³/mol. The molecule has 1 unspecified atom stereocenters. The first-order valence-corrected chi connectivity index (χ1v) is 5.52. The molecule has 0 aliphatic heterocycles. The third kappa shape index (κ3) is 2.41. The molecule has 3 N–H and O–H groups in total. The quantitative estimate of drug-likeness (QED) is 0.771. The van der Waals surface area contributed by atoms with E-state index in [1.54, 1.807) is 24.1 Å². The summed E-state index contributed by atoms with van der Waals surface area (Å²) in [6.07, 6.45) is 5.77. The Labute approximate surface area is 95.0 Å². The molecule has 1 fully saturated rings.